The molecule has 98 valence electrons. The Hall–Kier alpha value is -1.06. The van der Waals surface area contributed by atoms with Crippen LogP contribution in [0.5, 0.6) is 5.75 Å². The molecule has 3 atom stereocenters. The van der Waals surface area contributed by atoms with Gasteiger partial charge in [-0.3, -0.25) is 4.90 Å². The SMILES string of the molecule is CC(c1cccc(O)c1)N1CC2CCCNC2C1. The minimum Gasteiger partial charge on any atom is -0.508 e. The molecular weight excluding hydrogens is 224 g/mol. The Morgan fingerprint density at radius 1 is 1.39 bits per heavy atom. The third-order valence-corrected chi connectivity index (χ3v) is 4.53. The van der Waals surface area contributed by atoms with Crippen LogP contribution in [0.1, 0.15) is 31.4 Å². The normalized spacial score (nSPS) is 30.1. The Labute approximate surface area is 109 Å². The summed E-state index contributed by atoms with van der Waals surface area (Å²) in [5.74, 6) is 1.19. The molecule has 0 amide bonds. The lowest BCUT2D eigenvalue weighted by Gasteiger charge is -2.25. The first-order valence-electron chi connectivity index (χ1n) is 7.00. The number of hydrogen-bond donors (Lipinski definition) is 2. The van der Waals surface area contributed by atoms with Crippen molar-refractivity contribution in [1.29, 1.82) is 0 Å². The molecule has 0 radical (unpaired) electrons. The van der Waals surface area contributed by atoms with Crippen molar-refractivity contribution >= 4 is 0 Å². The first-order chi connectivity index (χ1) is 8.74. The summed E-state index contributed by atoms with van der Waals surface area (Å²) in [6, 6.07) is 8.74. The molecular formula is C15H22N2O. The quantitative estimate of drug-likeness (QED) is 0.839. The number of hydrogen-bond acceptors (Lipinski definition) is 3. The maximum atomic E-state index is 9.58. The summed E-state index contributed by atoms with van der Waals surface area (Å²) in [5, 5.41) is 13.2. The van der Waals surface area contributed by atoms with Gasteiger partial charge in [0.25, 0.3) is 0 Å². The first-order valence-corrected chi connectivity index (χ1v) is 7.00. The van der Waals surface area contributed by atoms with Gasteiger partial charge < -0.3 is 10.4 Å². The summed E-state index contributed by atoms with van der Waals surface area (Å²) in [4.78, 5) is 2.54. The Balaban J connectivity index is 1.72. The lowest BCUT2D eigenvalue weighted by molar-refractivity contribution is 0.250. The van der Waals surface area contributed by atoms with Crippen molar-refractivity contribution in [2.75, 3.05) is 19.6 Å². The lowest BCUT2D eigenvalue weighted by Crippen LogP contribution is -2.40. The number of piperidine rings is 1. The predicted octanol–water partition coefficient (Wildman–Crippen LogP) is 2.14. The zero-order chi connectivity index (χ0) is 12.5. The van der Waals surface area contributed by atoms with E-state index in [1.165, 1.54) is 31.5 Å². The number of rotatable bonds is 2. The standard InChI is InChI=1S/C15H22N2O/c1-11(12-4-2-6-14(18)8-12)17-9-13-5-3-7-16-15(13)10-17/h2,4,6,8,11,13,15-16,18H,3,5,7,9-10H2,1H3. The fourth-order valence-corrected chi connectivity index (χ4v) is 3.39. The number of nitrogens with zero attached hydrogens (tertiary/aromatic N) is 1. The van der Waals surface area contributed by atoms with Gasteiger partial charge in [0, 0.05) is 25.2 Å². The number of fused-ring (bicyclic) bond motifs is 1. The Morgan fingerprint density at radius 2 is 2.28 bits per heavy atom. The van der Waals surface area contributed by atoms with E-state index < -0.39 is 0 Å². The van der Waals surface area contributed by atoms with Crippen molar-refractivity contribution < 1.29 is 5.11 Å². The van der Waals surface area contributed by atoms with Crippen molar-refractivity contribution in [3.63, 3.8) is 0 Å². The lowest BCUT2D eigenvalue weighted by atomic mass is 9.94. The molecule has 3 unspecified atom stereocenters. The van der Waals surface area contributed by atoms with E-state index in [2.05, 4.69) is 23.2 Å². The average Bonchev–Trinajstić information content (AvgIpc) is 2.81. The van der Waals surface area contributed by atoms with E-state index in [9.17, 15) is 5.11 Å². The van der Waals surface area contributed by atoms with Gasteiger partial charge in [-0.05, 0) is 49.9 Å². The van der Waals surface area contributed by atoms with E-state index >= 15 is 0 Å². The fraction of sp³-hybridized carbons (Fsp3) is 0.600. The smallest absolute Gasteiger partial charge is 0.115 e. The summed E-state index contributed by atoms with van der Waals surface area (Å²) < 4.78 is 0. The van der Waals surface area contributed by atoms with E-state index in [4.69, 9.17) is 0 Å². The predicted molar refractivity (Wildman–Crippen MR) is 72.6 cm³/mol. The summed E-state index contributed by atoms with van der Waals surface area (Å²) in [6.45, 7) is 5.75. The summed E-state index contributed by atoms with van der Waals surface area (Å²) in [5.41, 5.74) is 1.22. The third-order valence-electron chi connectivity index (χ3n) is 4.53. The highest BCUT2D eigenvalue weighted by molar-refractivity contribution is 5.29. The van der Waals surface area contributed by atoms with Crippen LogP contribution in [0.3, 0.4) is 0 Å². The van der Waals surface area contributed by atoms with Gasteiger partial charge in [0.15, 0.2) is 0 Å². The topological polar surface area (TPSA) is 35.5 Å². The van der Waals surface area contributed by atoms with Crippen LogP contribution < -0.4 is 5.32 Å². The molecule has 2 heterocycles. The molecule has 0 bridgehead atoms. The first kappa shape index (κ1) is 12.0. The maximum Gasteiger partial charge on any atom is 0.115 e. The number of aromatic hydroxyl groups is 1. The van der Waals surface area contributed by atoms with Gasteiger partial charge in [0.2, 0.25) is 0 Å². The Kier molecular flexibility index (Phi) is 3.27. The zero-order valence-corrected chi connectivity index (χ0v) is 11.0. The Morgan fingerprint density at radius 3 is 3.06 bits per heavy atom. The molecule has 1 aromatic carbocycles. The molecule has 2 fully saturated rings. The van der Waals surface area contributed by atoms with Gasteiger partial charge in [0.1, 0.15) is 5.75 Å². The highest BCUT2D eigenvalue weighted by atomic mass is 16.3. The van der Waals surface area contributed by atoms with Crippen LogP contribution in [0.4, 0.5) is 0 Å². The molecule has 1 aromatic rings. The van der Waals surface area contributed by atoms with Gasteiger partial charge in [0.05, 0.1) is 0 Å². The summed E-state index contributed by atoms with van der Waals surface area (Å²) >= 11 is 0. The highest BCUT2D eigenvalue weighted by Crippen LogP contribution is 2.32. The second-order valence-electron chi connectivity index (χ2n) is 5.69. The van der Waals surface area contributed by atoms with E-state index in [0.29, 0.717) is 17.8 Å². The zero-order valence-electron chi connectivity index (χ0n) is 11.0. The van der Waals surface area contributed by atoms with Crippen LogP contribution >= 0.6 is 0 Å². The van der Waals surface area contributed by atoms with Crippen molar-refractivity contribution in [3.05, 3.63) is 29.8 Å². The minimum absolute atomic E-state index is 0.370. The average molecular weight is 246 g/mol. The number of phenols is 1. The van der Waals surface area contributed by atoms with Gasteiger partial charge in [-0.15, -0.1) is 0 Å². The Bertz CT molecular complexity index is 407. The van der Waals surface area contributed by atoms with Gasteiger partial charge in [-0.25, -0.2) is 0 Å². The molecule has 2 N–H and O–H groups in total. The van der Waals surface area contributed by atoms with E-state index in [1.54, 1.807) is 6.07 Å². The summed E-state index contributed by atoms with van der Waals surface area (Å²) in [7, 11) is 0. The highest BCUT2D eigenvalue weighted by Gasteiger charge is 2.36. The van der Waals surface area contributed by atoms with Crippen LogP contribution in [0.2, 0.25) is 0 Å². The van der Waals surface area contributed by atoms with Crippen LogP contribution in [-0.2, 0) is 0 Å². The second-order valence-corrected chi connectivity index (χ2v) is 5.69. The molecule has 3 rings (SSSR count). The van der Waals surface area contributed by atoms with Gasteiger partial charge in [-0.1, -0.05) is 12.1 Å². The van der Waals surface area contributed by atoms with Crippen LogP contribution in [0, 0.1) is 5.92 Å². The van der Waals surface area contributed by atoms with Crippen molar-refractivity contribution in [3.8, 4) is 5.75 Å². The fourth-order valence-electron chi connectivity index (χ4n) is 3.39. The number of nitrogens with one attached hydrogen (secondary N) is 1. The van der Waals surface area contributed by atoms with E-state index in [0.717, 1.165) is 12.5 Å². The molecule has 2 aliphatic rings. The van der Waals surface area contributed by atoms with Crippen LogP contribution in [0.25, 0.3) is 0 Å². The van der Waals surface area contributed by atoms with Crippen LogP contribution in [0.15, 0.2) is 24.3 Å². The number of phenolic OH excluding ortho intramolecular Hbond substituents is 1. The molecule has 3 nitrogen and oxygen atoms in total. The molecule has 0 saturated carbocycles. The van der Waals surface area contributed by atoms with Crippen LogP contribution in [-0.4, -0.2) is 35.7 Å². The third kappa shape index (κ3) is 2.25. The number of likely N-dealkylation sites (tertiary alicyclic amines) is 1. The molecule has 0 aliphatic carbocycles. The molecule has 2 aliphatic heterocycles. The molecule has 2 saturated heterocycles. The second kappa shape index (κ2) is 4.90. The van der Waals surface area contributed by atoms with Crippen molar-refractivity contribution in [1.82, 2.24) is 10.2 Å². The summed E-state index contributed by atoms with van der Waals surface area (Å²) in [6.07, 6.45) is 2.68. The van der Waals surface area contributed by atoms with Gasteiger partial charge in [-0.2, -0.15) is 0 Å². The van der Waals surface area contributed by atoms with Crippen molar-refractivity contribution in [2.45, 2.75) is 31.8 Å². The molecule has 0 spiro atoms. The minimum atomic E-state index is 0.370. The monoisotopic (exact) mass is 246 g/mol. The largest absolute Gasteiger partial charge is 0.508 e. The molecule has 18 heavy (non-hydrogen) atoms. The maximum absolute atomic E-state index is 9.58. The van der Waals surface area contributed by atoms with E-state index in [1.807, 2.05) is 12.1 Å². The molecule has 3 heteroatoms. The van der Waals surface area contributed by atoms with Crippen molar-refractivity contribution in [2.24, 2.45) is 5.92 Å². The van der Waals surface area contributed by atoms with Gasteiger partial charge >= 0.3 is 0 Å². The number of benzene rings is 1. The van der Waals surface area contributed by atoms with E-state index in [-0.39, 0.29) is 0 Å². The molecule has 0 aromatic heterocycles.